The Morgan fingerprint density at radius 3 is 2.57 bits per heavy atom. The Balaban J connectivity index is 1.97. The highest BCUT2D eigenvalue weighted by molar-refractivity contribution is 5.61. The molecular formula is C17H15N3O. The Labute approximate surface area is 122 Å². The van der Waals surface area contributed by atoms with Crippen LogP contribution in [0.4, 0.5) is 11.6 Å². The molecule has 0 spiro atoms. The summed E-state index contributed by atoms with van der Waals surface area (Å²) in [5.74, 6) is 0.437. The van der Waals surface area contributed by atoms with Crippen LogP contribution in [0.2, 0.25) is 0 Å². The Hall–Kier alpha value is -2.88. The second-order valence-corrected chi connectivity index (χ2v) is 4.84. The number of aromatic nitrogens is 2. The second-order valence-electron chi connectivity index (χ2n) is 4.84. The molecule has 2 aromatic carbocycles. The van der Waals surface area contributed by atoms with Gasteiger partial charge in [-0.15, -0.1) is 0 Å². The van der Waals surface area contributed by atoms with Gasteiger partial charge >= 0.3 is 0 Å². The fourth-order valence-corrected chi connectivity index (χ4v) is 2.13. The molecule has 4 nitrogen and oxygen atoms in total. The van der Waals surface area contributed by atoms with E-state index in [1.807, 2.05) is 61.5 Å². The lowest BCUT2D eigenvalue weighted by molar-refractivity contribution is 1.12. The maximum absolute atomic E-state index is 11.8. The molecule has 0 radical (unpaired) electrons. The third-order valence-corrected chi connectivity index (χ3v) is 3.09. The van der Waals surface area contributed by atoms with Crippen molar-refractivity contribution in [3.05, 3.63) is 76.6 Å². The van der Waals surface area contributed by atoms with E-state index in [4.69, 9.17) is 0 Å². The molecular weight excluding hydrogens is 262 g/mol. The first-order valence-corrected chi connectivity index (χ1v) is 6.71. The summed E-state index contributed by atoms with van der Waals surface area (Å²) in [4.78, 5) is 19.0. The summed E-state index contributed by atoms with van der Waals surface area (Å²) in [7, 11) is 0. The van der Waals surface area contributed by atoms with Crippen molar-refractivity contribution in [2.75, 3.05) is 5.32 Å². The van der Waals surface area contributed by atoms with E-state index in [0.717, 1.165) is 16.8 Å². The van der Waals surface area contributed by atoms with E-state index in [2.05, 4.69) is 15.3 Å². The number of aryl methyl sites for hydroxylation is 1. The lowest BCUT2D eigenvalue weighted by Gasteiger charge is -2.08. The predicted octanol–water partition coefficient (Wildman–Crippen LogP) is 3.49. The van der Waals surface area contributed by atoms with Gasteiger partial charge < -0.3 is 5.32 Å². The van der Waals surface area contributed by atoms with Gasteiger partial charge in [0.2, 0.25) is 5.95 Å². The number of benzene rings is 2. The van der Waals surface area contributed by atoms with Gasteiger partial charge in [-0.25, -0.2) is 4.98 Å². The van der Waals surface area contributed by atoms with Crippen LogP contribution in [0.5, 0.6) is 0 Å². The Morgan fingerprint density at radius 2 is 1.81 bits per heavy atom. The zero-order valence-electron chi connectivity index (χ0n) is 11.6. The summed E-state index contributed by atoms with van der Waals surface area (Å²) in [6.07, 6.45) is 0. The van der Waals surface area contributed by atoms with Crippen LogP contribution in [0.15, 0.2) is 65.5 Å². The largest absolute Gasteiger partial charge is 0.326 e. The number of nitrogens with one attached hydrogen (secondary N) is 2. The number of anilines is 2. The van der Waals surface area contributed by atoms with Crippen LogP contribution in [-0.4, -0.2) is 9.97 Å². The third-order valence-electron chi connectivity index (χ3n) is 3.09. The summed E-state index contributed by atoms with van der Waals surface area (Å²) in [6, 6.07) is 19.0. The fourth-order valence-electron chi connectivity index (χ4n) is 2.13. The molecule has 1 aromatic heterocycles. The quantitative estimate of drug-likeness (QED) is 0.770. The molecule has 0 saturated heterocycles. The minimum Gasteiger partial charge on any atom is -0.326 e. The summed E-state index contributed by atoms with van der Waals surface area (Å²) < 4.78 is 0. The molecule has 104 valence electrons. The molecule has 0 aliphatic carbocycles. The highest BCUT2D eigenvalue weighted by atomic mass is 16.1. The van der Waals surface area contributed by atoms with Gasteiger partial charge in [-0.2, -0.15) is 0 Å². The molecule has 0 amide bonds. The highest BCUT2D eigenvalue weighted by Gasteiger charge is 2.04. The molecule has 4 heteroatoms. The van der Waals surface area contributed by atoms with Gasteiger partial charge in [0.1, 0.15) is 0 Å². The van der Waals surface area contributed by atoms with Gasteiger partial charge in [0.25, 0.3) is 5.56 Å². The maximum atomic E-state index is 11.8. The minimum atomic E-state index is -0.181. The monoisotopic (exact) mass is 277 g/mol. The predicted molar refractivity (Wildman–Crippen MR) is 84.8 cm³/mol. The molecule has 2 N–H and O–H groups in total. The molecule has 3 aromatic rings. The number of hydrogen-bond donors (Lipinski definition) is 2. The highest BCUT2D eigenvalue weighted by Crippen LogP contribution is 2.18. The number of aromatic amines is 1. The first kappa shape index (κ1) is 13.1. The number of hydrogen-bond acceptors (Lipinski definition) is 3. The SMILES string of the molecule is Cc1cccc(Nc2nc(-c3ccccc3)cc(=O)[nH]2)c1. The molecule has 0 aliphatic rings. The molecule has 1 heterocycles. The van der Waals surface area contributed by atoms with Crippen LogP contribution in [0.25, 0.3) is 11.3 Å². The van der Waals surface area contributed by atoms with E-state index in [1.165, 1.54) is 6.07 Å². The van der Waals surface area contributed by atoms with Crippen LogP contribution in [0, 0.1) is 6.92 Å². The van der Waals surface area contributed by atoms with Crippen LogP contribution in [-0.2, 0) is 0 Å². The van der Waals surface area contributed by atoms with Crippen LogP contribution in [0.1, 0.15) is 5.56 Å². The van der Waals surface area contributed by atoms with Crippen molar-refractivity contribution >= 4 is 11.6 Å². The van der Waals surface area contributed by atoms with Crippen LogP contribution in [0.3, 0.4) is 0 Å². The fraction of sp³-hybridized carbons (Fsp3) is 0.0588. The smallest absolute Gasteiger partial charge is 0.252 e. The van der Waals surface area contributed by atoms with Gasteiger partial charge in [-0.1, -0.05) is 42.5 Å². The van der Waals surface area contributed by atoms with E-state index < -0.39 is 0 Å². The Morgan fingerprint density at radius 1 is 1.00 bits per heavy atom. The standard InChI is InChI=1S/C17H15N3O/c1-12-6-5-9-14(10-12)18-17-19-15(11-16(21)20-17)13-7-3-2-4-8-13/h2-11H,1H3,(H2,18,19,20,21). The zero-order valence-corrected chi connectivity index (χ0v) is 11.6. The van der Waals surface area contributed by atoms with Crippen molar-refractivity contribution in [1.29, 1.82) is 0 Å². The summed E-state index contributed by atoms with van der Waals surface area (Å²) >= 11 is 0. The van der Waals surface area contributed by atoms with Crippen molar-refractivity contribution < 1.29 is 0 Å². The Kier molecular flexibility index (Phi) is 3.51. The summed E-state index contributed by atoms with van der Waals surface area (Å²) in [6.45, 7) is 2.02. The van der Waals surface area contributed by atoms with E-state index in [1.54, 1.807) is 0 Å². The molecule has 21 heavy (non-hydrogen) atoms. The molecule has 0 unspecified atom stereocenters. The van der Waals surface area contributed by atoms with E-state index in [-0.39, 0.29) is 5.56 Å². The summed E-state index contributed by atoms with van der Waals surface area (Å²) in [5, 5.41) is 3.13. The van der Waals surface area contributed by atoms with E-state index in [0.29, 0.717) is 11.6 Å². The van der Waals surface area contributed by atoms with Crippen molar-refractivity contribution in [2.45, 2.75) is 6.92 Å². The molecule has 0 bridgehead atoms. The van der Waals surface area contributed by atoms with E-state index >= 15 is 0 Å². The average Bonchev–Trinajstić information content (AvgIpc) is 2.47. The molecule has 0 atom stereocenters. The number of nitrogens with zero attached hydrogens (tertiary/aromatic N) is 1. The van der Waals surface area contributed by atoms with Crippen LogP contribution < -0.4 is 10.9 Å². The van der Waals surface area contributed by atoms with E-state index in [9.17, 15) is 4.79 Å². The van der Waals surface area contributed by atoms with Crippen molar-refractivity contribution in [3.8, 4) is 11.3 Å². The molecule has 3 rings (SSSR count). The molecule has 0 fully saturated rings. The second kappa shape index (κ2) is 5.63. The molecule has 0 aliphatic heterocycles. The van der Waals surface area contributed by atoms with Crippen molar-refractivity contribution in [2.24, 2.45) is 0 Å². The van der Waals surface area contributed by atoms with Gasteiger partial charge in [0.15, 0.2) is 0 Å². The average molecular weight is 277 g/mol. The lowest BCUT2D eigenvalue weighted by atomic mass is 10.1. The van der Waals surface area contributed by atoms with Gasteiger partial charge in [-0.3, -0.25) is 9.78 Å². The number of H-pyrrole nitrogens is 1. The number of rotatable bonds is 3. The minimum absolute atomic E-state index is 0.181. The van der Waals surface area contributed by atoms with Crippen molar-refractivity contribution in [3.63, 3.8) is 0 Å². The maximum Gasteiger partial charge on any atom is 0.252 e. The van der Waals surface area contributed by atoms with Gasteiger partial charge in [-0.05, 0) is 24.6 Å². The van der Waals surface area contributed by atoms with Crippen LogP contribution >= 0.6 is 0 Å². The molecule has 0 saturated carbocycles. The first-order valence-electron chi connectivity index (χ1n) is 6.71. The van der Waals surface area contributed by atoms with Gasteiger partial charge in [0, 0.05) is 17.3 Å². The topological polar surface area (TPSA) is 57.8 Å². The van der Waals surface area contributed by atoms with Crippen molar-refractivity contribution in [1.82, 2.24) is 9.97 Å². The van der Waals surface area contributed by atoms with Gasteiger partial charge in [0.05, 0.1) is 5.69 Å². The zero-order chi connectivity index (χ0) is 14.7. The third kappa shape index (κ3) is 3.17. The summed E-state index contributed by atoms with van der Waals surface area (Å²) in [5.41, 5.74) is 3.41. The lowest BCUT2D eigenvalue weighted by Crippen LogP contribution is -2.10. The normalized spacial score (nSPS) is 10.3. The Bertz CT molecular complexity index is 810. The first-order chi connectivity index (χ1) is 10.2.